The number of ether oxygens (including phenoxy) is 1. The molecule has 0 bridgehead atoms. The Hall–Kier alpha value is -3.15. The molecule has 3 aromatic heterocycles. The van der Waals surface area contributed by atoms with Crippen LogP contribution in [0.5, 0.6) is 0 Å². The lowest BCUT2D eigenvalue weighted by atomic mass is 10.0. The minimum atomic E-state index is -0.868. The largest absolute Gasteiger partial charge is 0.382 e. The lowest BCUT2D eigenvalue weighted by Crippen LogP contribution is -2.53. The molecule has 0 atom stereocenters. The maximum absolute atomic E-state index is 12.8. The summed E-state index contributed by atoms with van der Waals surface area (Å²) >= 11 is 6.33. The van der Waals surface area contributed by atoms with Gasteiger partial charge in [0.25, 0.3) is 5.91 Å². The first kappa shape index (κ1) is 20.6. The third-order valence-electron chi connectivity index (χ3n) is 4.72. The van der Waals surface area contributed by atoms with E-state index in [1.807, 2.05) is 13.0 Å². The second-order valence-corrected chi connectivity index (χ2v) is 7.33. The van der Waals surface area contributed by atoms with Gasteiger partial charge in [-0.2, -0.15) is 5.10 Å². The van der Waals surface area contributed by atoms with Gasteiger partial charge in [0.15, 0.2) is 5.82 Å². The number of rotatable bonds is 2. The van der Waals surface area contributed by atoms with Crippen LogP contribution in [0.25, 0.3) is 16.8 Å². The molecule has 3 aromatic rings. The first-order valence-corrected chi connectivity index (χ1v) is 9.21. The molecular formula is C20H21ClN6O2. The molecule has 150 valence electrons. The Bertz CT molecular complexity index is 1110. The van der Waals surface area contributed by atoms with Gasteiger partial charge in [-0.1, -0.05) is 11.6 Å². The molecule has 9 heteroatoms. The minimum Gasteiger partial charge on any atom is -0.382 e. The van der Waals surface area contributed by atoms with Gasteiger partial charge in [0, 0.05) is 18.3 Å². The van der Waals surface area contributed by atoms with Crippen molar-refractivity contribution >= 4 is 34.5 Å². The quantitative estimate of drug-likeness (QED) is 0.650. The van der Waals surface area contributed by atoms with Crippen LogP contribution in [0.4, 0.5) is 11.5 Å². The monoisotopic (exact) mass is 412 g/mol. The molecule has 1 aliphatic rings. The number of aromatic nitrogens is 4. The Morgan fingerprint density at radius 2 is 2.00 bits per heavy atom. The molecule has 0 spiro atoms. The number of fused-ring (bicyclic) bond motifs is 1. The van der Waals surface area contributed by atoms with Crippen molar-refractivity contribution in [2.24, 2.45) is 0 Å². The SMILES string of the molecule is C#C.Cc1ncc(-c2cc(Cl)c3c(N)ncnn23)cc1N1CCOC(C)(C)C1=O. The van der Waals surface area contributed by atoms with Gasteiger partial charge in [-0.15, -0.1) is 12.8 Å². The standard InChI is InChI=1S/C18H19ClN6O2.C2H2/c1-10-13(24-4-5-27-18(2,3)17(24)26)6-11(8-21-10)14-7-12(19)15-16(20)22-9-23-25(14)15;1-2/h6-9H,4-5H2,1-3H3,(H2,20,22,23);1-2H. The number of aryl methyl sites for hydroxylation is 1. The molecule has 0 unspecified atom stereocenters. The number of hydrogen-bond donors (Lipinski definition) is 1. The van der Waals surface area contributed by atoms with Crippen LogP contribution < -0.4 is 10.6 Å². The minimum absolute atomic E-state index is 0.0968. The summed E-state index contributed by atoms with van der Waals surface area (Å²) in [5, 5.41) is 4.71. The summed E-state index contributed by atoms with van der Waals surface area (Å²) in [7, 11) is 0. The molecule has 1 amide bonds. The first-order valence-electron chi connectivity index (χ1n) is 8.83. The van der Waals surface area contributed by atoms with Crippen molar-refractivity contribution in [2.75, 3.05) is 23.8 Å². The highest BCUT2D eigenvalue weighted by molar-refractivity contribution is 6.35. The van der Waals surface area contributed by atoms with Gasteiger partial charge in [0.05, 0.1) is 28.7 Å². The van der Waals surface area contributed by atoms with Crippen LogP contribution in [0.2, 0.25) is 5.02 Å². The summed E-state index contributed by atoms with van der Waals surface area (Å²) in [6.45, 7) is 6.35. The van der Waals surface area contributed by atoms with E-state index in [-0.39, 0.29) is 5.91 Å². The van der Waals surface area contributed by atoms with Crippen molar-refractivity contribution < 1.29 is 9.53 Å². The smallest absolute Gasteiger partial charge is 0.258 e. The van der Waals surface area contributed by atoms with E-state index in [9.17, 15) is 4.79 Å². The van der Waals surface area contributed by atoms with Crippen LogP contribution in [0.15, 0.2) is 24.7 Å². The van der Waals surface area contributed by atoms with Crippen LogP contribution in [0.1, 0.15) is 19.5 Å². The van der Waals surface area contributed by atoms with E-state index >= 15 is 0 Å². The molecule has 4 heterocycles. The summed E-state index contributed by atoms with van der Waals surface area (Å²) in [6, 6.07) is 3.68. The molecule has 2 N–H and O–H groups in total. The molecule has 0 saturated carbocycles. The zero-order chi connectivity index (χ0) is 21.3. The number of anilines is 2. The Morgan fingerprint density at radius 1 is 1.28 bits per heavy atom. The first-order chi connectivity index (χ1) is 13.8. The Morgan fingerprint density at radius 3 is 2.72 bits per heavy atom. The number of pyridine rings is 1. The Kier molecular flexibility index (Phi) is 5.46. The Balaban J connectivity index is 0.00000117. The van der Waals surface area contributed by atoms with Crippen LogP contribution in [0.3, 0.4) is 0 Å². The number of nitrogens with two attached hydrogens (primary N) is 1. The normalized spacial score (nSPS) is 15.8. The van der Waals surface area contributed by atoms with E-state index < -0.39 is 5.60 Å². The van der Waals surface area contributed by atoms with E-state index in [1.165, 1.54) is 6.33 Å². The van der Waals surface area contributed by atoms with Crippen molar-refractivity contribution in [3.8, 4) is 24.1 Å². The van der Waals surface area contributed by atoms with Gasteiger partial charge < -0.3 is 15.4 Å². The van der Waals surface area contributed by atoms with E-state index in [1.54, 1.807) is 35.5 Å². The fraction of sp³-hybridized carbons (Fsp3) is 0.300. The summed E-state index contributed by atoms with van der Waals surface area (Å²) in [6.07, 6.45) is 11.1. The predicted octanol–water partition coefficient (Wildman–Crippen LogP) is 2.73. The lowest BCUT2D eigenvalue weighted by Gasteiger charge is -2.37. The molecule has 1 fully saturated rings. The highest BCUT2D eigenvalue weighted by Gasteiger charge is 2.38. The van der Waals surface area contributed by atoms with Crippen molar-refractivity contribution in [1.29, 1.82) is 0 Å². The molecule has 4 rings (SSSR count). The van der Waals surface area contributed by atoms with E-state index in [2.05, 4.69) is 27.9 Å². The van der Waals surface area contributed by atoms with Gasteiger partial charge in [0.2, 0.25) is 0 Å². The number of carbonyl (C=O) groups is 1. The van der Waals surface area contributed by atoms with E-state index in [4.69, 9.17) is 22.1 Å². The maximum atomic E-state index is 12.8. The summed E-state index contributed by atoms with van der Waals surface area (Å²) in [5.74, 6) is 0.201. The van der Waals surface area contributed by atoms with Gasteiger partial charge in [0.1, 0.15) is 17.4 Å². The van der Waals surface area contributed by atoms with Crippen molar-refractivity contribution in [1.82, 2.24) is 19.6 Å². The zero-order valence-electron chi connectivity index (χ0n) is 16.4. The number of morpholine rings is 1. The zero-order valence-corrected chi connectivity index (χ0v) is 17.1. The fourth-order valence-corrected chi connectivity index (χ4v) is 3.55. The topological polar surface area (TPSA) is 98.6 Å². The molecule has 1 aliphatic heterocycles. The number of amides is 1. The third kappa shape index (κ3) is 3.50. The highest BCUT2D eigenvalue weighted by Crippen LogP contribution is 2.34. The van der Waals surface area contributed by atoms with E-state index in [0.29, 0.717) is 29.5 Å². The van der Waals surface area contributed by atoms with Crippen LogP contribution in [-0.2, 0) is 9.53 Å². The molecule has 0 aromatic carbocycles. The lowest BCUT2D eigenvalue weighted by molar-refractivity contribution is -0.144. The van der Waals surface area contributed by atoms with E-state index in [0.717, 1.165) is 22.6 Å². The van der Waals surface area contributed by atoms with Crippen molar-refractivity contribution in [3.63, 3.8) is 0 Å². The molecule has 0 radical (unpaired) electrons. The number of carbonyl (C=O) groups excluding carboxylic acids is 1. The number of hydrogen-bond acceptors (Lipinski definition) is 6. The molecular weight excluding hydrogens is 392 g/mol. The molecule has 29 heavy (non-hydrogen) atoms. The molecule has 8 nitrogen and oxygen atoms in total. The number of nitrogen functional groups attached to an aromatic ring is 1. The van der Waals surface area contributed by atoms with Gasteiger partial charge in [-0.05, 0) is 32.9 Å². The predicted molar refractivity (Wildman–Crippen MR) is 113 cm³/mol. The second-order valence-electron chi connectivity index (χ2n) is 6.93. The van der Waals surface area contributed by atoms with Crippen molar-refractivity contribution in [3.05, 3.63) is 35.4 Å². The average Bonchev–Trinajstić information content (AvgIpc) is 3.04. The number of nitrogens with zero attached hydrogens (tertiary/aromatic N) is 5. The van der Waals surface area contributed by atoms with Crippen LogP contribution in [0, 0.1) is 19.8 Å². The fourth-order valence-electron chi connectivity index (χ4n) is 3.27. The molecule has 1 saturated heterocycles. The second kappa shape index (κ2) is 7.70. The van der Waals surface area contributed by atoms with Crippen LogP contribution >= 0.6 is 11.6 Å². The Labute approximate surface area is 173 Å². The van der Waals surface area contributed by atoms with Gasteiger partial charge in [-0.25, -0.2) is 9.50 Å². The summed E-state index contributed by atoms with van der Waals surface area (Å²) < 4.78 is 7.23. The highest BCUT2D eigenvalue weighted by atomic mass is 35.5. The third-order valence-corrected chi connectivity index (χ3v) is 5.01. The van der Waals surface area contributed by atoms with Gasteiger partial charge in [-0.3, -0.25) is 9.78 Å². The average molecular weight is 413 g/mol. The van der Waals surface area contributed by atoms with Crippen molar-refractivity contribution in [2.45, 2.75) is 26.4 Å². The summed E-state index contributed by atoms with van der Waals surface area (Å²) in [4.78, 5) is 23.0. The van der Waals surface area contributed by atoms with Gasteiger partial charge >= 0.3 is 0 Å². The number of terminal acetylenes is 1. The maximum Gasteiger partial charge on any atom is 0.258 e. The van der Waals surface area contributed by atoms with Crippen LogP contribution in [-0.4, -0.2) is 44.2 Å². The number of halogens is 1. The summed E-state index contributed by atoms with van der Waals surface area (Å²) in [5.41, 5.74) is 8.59. The molecule has 0 aliphatic carbocycles.